The Balaban J connectivity index is 2.88. The van der Waals surface area contributed by atoms with E-state index < -0.39 is 42.3 Å². The van der Waals surface area contributed by atoms with Crippen LogP contribution in [-0.2, 0) is 35.0 Å². The fourth-order valence-electron chi connectivity index (χ4n) is 3.22. The van der Waals surface area contributed by atoms with E-state index in [1.54, 1.807) is 19.9 Å². The number of carbonyl (C=O) groups is 4. The van der Waals surface area contributed by atoms with Crippen molar-refractivity contribution in [3.8, 4) is 11.5 Å². The highest BCUT2D eigenvalue weighted by atomic mass is 16.7. The third-order valence-electron chi connectivity index (χ3n) is 5.85. The van der Waals surface area contributed by atoms with Gasteiger partial charge in [0.05, 0.1) is 6.61 Å². The van der Waals surface area contributed by atoms with Gasteiger partial charge < -0.3 is 29.4 Å². The second-order valence-corrected chi connectivity index (χ2v) is 11.3. The molecule has 0 heterocycles. The largest absolute Gasteiger partial charge is 0.508 e. The van der Waals surface area contributed by atoms with Crippen LogP contribution >= 0.6 is 0 Å². The summed E-state index contributed by atoms with van der Waals surface area (Å²) >= 11 is 0. The Morgan fingerprint density at radius 2 is 1.25 bits per heavy atom. The van der Waals surface area contributed by atoms with Gasteiger partial charge in [0.2, 0.25) is 0 Å². The molecule has 1 rings (SSSR count). The smallest absolute Gasteiger partial charge is 0.458 e. The van der Waals surface area contributed by atoms with Gasteiger partial charge in [0.15, 0.2) is 11.5 Å². The minimum absolute atomic E-state index is 0.0648. The Morgan fingerprint density at radius 3 is 1.77 bits per heavy atom. The fraction of sp³-hybridized carbons (Fsp3) is 0.667. The molecule has 0 saturated carbocycles. The lowest BCUT2D eigenvalue weighted by Crippen LogP contribution is -2.39. The zero-order valence-corrected chi connectivity index (χ0v) is 25.2. The number of hydrogen-bond donors (Lipinski definition) is 1. The predicted octanol–water partition coefficient (Wildman–Crippen LogP) is 5.37. The Hall–Kier alpha value is -3.14. The quantitative estimate of drug-likeness (QED) is 0.205. The average molecular weight is 566 g/mol. The van der Waals surface area contributed by atoms with Gasteiger partial charge in [-0.1, -0.05) is 47.6 Å². The van der Waals surface area contributed by atoms with Gasteiger partial charge in [-0.3, -0.25) is 14.4 Å². The molecular formula is C30H47NO9. The molecule has 2 N–H and O–H groups in total. The lowest BCUT2D eigenvalue weighted by Gasteiger charge is -2.22. The van der Waals surface area contributed by atoms with Crippen LogP contribution in [0.15, 0.2) is 18.2 Å². The van der Waals surface area contributed by atoms with Crippen molar-refractivity contribution in [3.63, 3.8) is 0 Å². The maximum atomic E-state index is 12.6. The third-order valence-corrected chi connectivity index (χ3v) is 5.85. The van der Waals surface area contributed by atoms with Gasteiger partial charge in [0.1, 0.15) is 18.2 Å². The first-order chi connectivity index (χ1) is 18.7. The van der Waals surface area contributed by atoms with E-state index in [9.17, 15) is 19.2 Å². The standard InChI is InChI=1S/C30H47NO9/c1-18(2)9-13-27(32)39-25-12-11-23(16-26(25)40-28(33)14-10-19(3)4)15-24(31)29(34)37-21(7)22(8)38-30(35)36-17-20(5)6/h11-12,16,18-22,24H,9-10,13-15,17,31H2,1-8H3/t21-,22-,24-/m0/s1. The van der Waals surface area contributed by atoms with Crippen LogP contribution in [0.2, 0.25) is 0 Å². The molecule has 226 valence electrons. The molecule has 0 aliphatic carbocycles. The number of esters is 3. The van der Waals surface area contributed by atoms with Gasteiger partial charge in [0.25, 0.3) is 0 Å². The molecule has 3 atom stereocenters. The van der Waals surface area contributed by atoms with E-state index in [0.717, 1.165) is 0 Å². The summed E-state index contributed by atoms with van der Waals surface area (Å²) in [4.78, 5) is 49.2. The van der Waals surface area contributed by atoms with Crippen LogP contribution in [0.4, 0.5) is 4.79 Å². The summed E-state index contributed by atoms with van der Waals surface area (Å²) in [5.41, 5.74) is 6.67. The summed E-state index contributed by atoms with van der Waals surface area (Å²) in [6.07, 6.45) is -0.548. The van der Waals surface area contributed by atoms with Crippen molar-refractivity contribution in [2.24, 2.45) is 23.5 Å². The Labute approximate surface area is 238 Å². The van der Waals surface area contributed by atoms with E-state index in [1.165, 1.54) is 12.1 Å². The maximum Gasteiger partial charge on any atom is 0.508 e. The fourth-order valence-corrected chi connectivity index (χ4v) is 3.22. The van der Waals surface area contributed by atoms with Crippen LogP contribution in [0, 0.1) is 17.8 Å². The van der Waals surface area contributed by atoms with Crippen LogP contribution in [0.3, 0.4) is 0 Å². The molecule has 1 aromatic carbocycles. The van der Waals surface area contributed by atoms with Crippen LogP contribution < -0.4 is 15.2 Å². The molecule has 10 heteroatoms. The van der Waals surface area contributed by atoms with Crippen LogP contribution in [0.25, 0.3) is 0 Å². The van der Waals surface area contributed by atoms with Crippen molar-refractivity contribution in [3.05, 3.63) is 23.8 Å². The molecule has 0 fully saturated rings. The second kappa shape index (κ2) is 17.5. The van der Waals surface area contributed by atoms with Gasteiger partial charge >= 0.3 is 24.1 Å². The minimum Gasteiger partial charge on any atom is -0.458 e. The van der Waals surface area contributed by atoms with Crippen LogP contribution in [0.5, 0.6) is 11.5 Å². The molecule has 0 aliphatic rings. The zero-order chi connectivity index (χ0) is 30.4. The summed E-state index contributed by atoms with van der Waals surface area (Å²) in [6.45, 7) is 15.2. The van der Waals surface area contributed by atoms with Crippen molar-refractivity contribution in [2.45, 2.75) is 106 Å². The maximum absolute atomic E-state index is 12.6. The summed E-state index contributed by atoms with van der Waals surface area (Å²) in [6, 6.07) is 3.65. The monoisotopic (exact) mass is 565 g/mol. The number of carbonyl (C=O) groups excluding carboxylic acids is 4. The number of rotatable bonds is 16. The molecule has 0 aliphatic heterocycles. The first kappa shape index (κ1) is 34.9. The molecule has 10 nitrogen and oxygen atoms in total. The van der Waals surface area contributed by atoms with Gasteiger partial charge in [-0.15, -0.1) is 0 Å². The first-order valence-corrected chi connectivity index (χ1v) is 14.0. The third kappa shape index (κ3) is 14.3. The summed E-state index contributed by atoms with van der Waals surface area (Å²) in [5.74, 6) is -0.568. The van der Waals surface area contributed by atoms with Crippen LogP contribution in [-0.4, -0.2) is 48.9 Å². The Morgan fingerprint density at radius 1 is 0.725 bits per heavy atom. The SMILES string of the molecule is CC(C)CCC(=O)Oc1ccc(C[C@H](N)C(=O)O[C@@H](C)[C@H](C)OC(=O)OCC(C)C)cc1OC(=O)CCC(C)C. The van der Waals surface area contributed by atoms with Crippen molar-refractivity contribution >= 4 is 24.1 Å². The summed E-state index contributed by atoms with van der Waals surface area (Å²) in [5, 5.41) is 0. The van der Waals surface area contributed by atoms with Gasteiger partial charge in [-0.25, -0.2) is 4.79 Å². The molecule has 0 bridgehead atoms. The van der Waals surface area contributed by atoms with E-state index >= 15 is 0 Å². The highest BCUT2D eigenvalue weighted by Gasteiger charge is 2.25. The number of nitrogens with two attached hydrogens (primary N) is 1. The first-order valence-electron chi connectivity index (χ1n) is 14.0. The molecule has 0 amide bonds. The Kier molecular flexibility index (Phi) is 15.3. The molecule has 0 radical (unpaired) electrons. The zero-order valence-electron chi connectivity index (χ0n) is 25.2. The molecule has 1 aromatic rings. The number of hydrogen-bond acceptors (Lipinski definition) is 10. The number of ether oxygens (including phenoxy) is 5. The van der Waals surface area contributed by atoms with Crippen molar-refractivity contribution in [1.29, 1.82) is 0 Å². The van der Waals surface area contributed by atoms with Gasteiger partial charge in [-0.2, -0.15) is 0 Å². The summed E-state index contributed by atoms with van der Waals surface area (Å²) in [7, 11) is 0. The van der Waals surface area contributed by atoms with E-state index in [1.807, 2.05) is 41.5 Å². The van der Waals surface area contributed by atoms with Gasteiger partial charge in [0, 0.05) is 12.8 Å². The van der Waals surface area contributed by atoms with E-state index in [-0.39, 0.29) is 43.3 Å². The van der Waals surface area contributed by atoms with Crippen molar-refractivity contribution in [1.82, 2.24) is 0 Å². The lowest BCUT2D eigenvalue weighted by atomic mass is 10.1. The van der Waals surface area contributed by atoms with Crippen molar-refractivity contribution < 1.29 is 42.9 Å². The van der Waals surface area contributed by atoms with Gasteiger partial charge in [-0.05, 0) is 68.6 Å². The lowest BCUT2D eigenvalue weighted by molar-refractivity contribution is -0.155. The molecule has 0 saturated heterocycles. The normalized spacial score (nSPS) is 13.5. The average Bonchev–Trinajstić information content (AvgIpc) is 2.86. The molecule has 0 spiro atoms. The number of benzene rings is 1. The molecule has 0 aromatic heterocycles. The molecule has 0 unspecified atom stereocenters. The Bertz CT molecular complexity index is 974. The topological polar surface area (TPSA) is 140 Å². The van der Waals surface area contributed by atoms with E-state index in [2.05, 4.69) is 0 Å². The molecular weight excluding hydrogens is 518 g/mol. The minimum atomic E-state index is -1.05. The highest BCUT2D eigenvalue weighted by molar-refractivity contribution is 5.77. The second-order valence-electron chi connectivity index (χ2n) is 11.3. The van der Waals surface area contributed by atoms with E-state index in [0.29, 0.717) is 30.2 Å². The summed E-state index contributed by atoms with van der Waals surface area (Å²) < 4.78 is 26.6. The van der Waals surface area contributed by atoms with Crippen molar-refractivity contribution in [2.75, 3.05) is 6.61 Å². The molecule has 40 heavy (non-hydrogen) atoms. The predicted molar refractivity (Wildman–Crippen MR) is 150 cm³/mol. The highest BCUT2D eigenvalue weighted by Crippen LogP contribution is 2.30. The van der Waals surface area contributed by atoms with Crippen LogP contribution in [0.1, 0.15) is 86.6 Å². The van der Waals surface area contributed by atoms with E-state index in [4.69, 9.17) is 29.4 Å².